The molecule has 2 aromatic heterocycles. The van der Waals surface area contributed by atoms with Gasteiger partial charge in [-0.3, -0.25) is 0 Å². The lowest BCUT2D eigenvalue weighted by atomic mass is 10.1. The zero-order valence-electron chi connectivity index (χ0n) is 15.6. The van der Waals surface area contributed by atoms with E-state index < -0.39 is 5.67 Å². The van der Waals surface area contributed by atoms with Gasteiger partial charge in [-0.2, -0.15) is 4.98 Å². The first-order valence-electron chi connectivity index (χ1n) is 9.50. The predicted octanol–water partition coefficient (Wildman–Crippen LogP) is 2.69. The predicted molar refractivity (Wildman–Crippen MR) is 107 cm³/mol. The van der Waals surface area contributed by atoms with Crippen LogP contribution in [0.2, 0.25) is 5.02 Å². The van der Waals surface area contributed by atoms with E-state index in [0.717, 1.165) is 24.3 Å². The van der Waals surface area contributed by atoms with Gasteiger partial charge in [-0.25, -0.2) is 14.4 Å². The van der Waals surface area contributed by atoms with Crippen molar-refractivity contribution in [2.45, 2.75) is 37.6 Å². The second-order valence-electron chi connectivity index (χ2n) is 8.08. The minimum absolute atomic E-state index is 0.250. The molecule has 3 atom stereocenters. The molecule has 0 radical (unpaired) electrons. The van der Waals surface area contributed by atoms with Crippen LogP contribution in [-0.2, 0) is 4.74 Å². The Kier molecular flexibility index (Phi) is 4.10. The van der Waals surface area contributed by atoms with Crippen molar-refractivity contribution in [2.75, 3.05) is 41.8 Å². The first kappa shape index (κ1) is 17.9. The Morgan fingerprint density at radius 1 is 1.36 bits per heavy atom. The normalized spacial score (nSPS) is 29.1. The Morgan fingerprint density at radius 3 is 2.86 bits per heavy atom. The van der Waals surface area contributed by atoms with Crippen LogP contribution < -0.4 is 15.5 Å². The van der Waals surface area contributed by atoms with E-state index in [1.807, 2.05) is 11.0 Å². The number of pyridine rings is 1. The molecule has 0 aromatic carbocycles. The van der Waals surface area contributed by atoms with Gasteiger partial charge in [-0.15, -0.1) is 0 Å². The van der Waals surface area contributed by atoms with Crippen LogP contribution in [0.3, 0.4) is 0 Å². The molecule has 5 heterocycles. The van der Waals surface area contributed by atoms with Crippen LogP contribution in [0.4, 0.5) is 22.0 Å². The number of hydrogen-bond donors (Lipinski definition) is 1. The molecular formula is C19H22ClFN6O. The Labute approximate surface area is 167 Å². The van der Waals surface area contributed by atoms with Gasteiger partial charge in [0, 0.05) is 37.3 Å². The highest BCUT2D eigenvalue weighted by molar-refractivity contribution is 6.33. The van der Waals surface area contributed by atoms with Crippen LogP contribution in [0, 0.1) is 0 Å². The maximum Gasteiger partial charge on any atom is 0.227 e. The lowest BCUT2D eigenvalue weighted by molar-refractivity contribution is 0.0989. The second-order valence-corrected chi connectivity index (χ2v) is 8.49. The molecule has 0 unspecified atom stereocenters. The maximum atomic E-state index is 14.4. The van der Waals surface area contributed by atoms with E-state index in [-0.39, 0.29) is 18.5 Å². The molecular weight excluding hydrogens is 383 g/mol. The summed E-state index contributed by atoms with van der Waals surface area (Å²) in [6, 6.07) is 4.01. The third-order valence-corrected chi connectivity index (χ3v) is 6.07. The fourth-order valence-electron chi connectivity index (χ4n) is 4.22. The van der Waals surface area contributed by atoms with Crippen molar-refractivity contribution in [1.29, 1.82) is 0 Å². The average Bonchev–Trinajstić information content (AvgIpc) is 3.39. The van der Waals surface area contributed by atoms with Crippen molar-refractivity contribution in [2.24, 2.45) is 0 Å². The maximum absolute atomic E-state index is 14.4. The van der Waals surface area contributed by atoms with E-state index in [9.17, 15) is 4.39 Å². The highest BCUT2D eigenvalue weighted by atomic mass is 35.5. The van der Waals surface area contributed by atoms with Gasteiger partial charge in [-0.05, 0) is 19.4 Å². The van der Waals surface area contributed by atoms with Crippen LogP contribution >= 0.6 is 11.6 Å². The first-order chi connectivity index (χ1) is 13.4. The minimum Gasteiger partial charge on any atom is -0.382 e. The number of nitrogens with zero attached hydrogens (tertiary/aromatic N) is 5. The molecule has 0 saturated carbocycles. The topological polar surface area (TPSA) is 80.4 Å². The molecule has 0 aliphatic carbocycles. The van der Waals surface area contributed by atoms with E-state index in [0.29, 0.717) is 42.3 Å². The average molecular weight is 405 g/mol. The zero-order valence-corrected chi connectivity index (χ0v) is 16.4. The largest absolute Gasteiger partial charge is 0.382 e. The number of nitrogen functional groups attached to an aromatic ring is 1. The number of rotatable bonds is 3. The summed E-state index contributed by atoms with van der Waals surface area (Å²) < 4.78 is 20.1. The van der Waals surface area contributed by atoms with Gasteiger partial charge in [0.15, 0.2) is 0 Å². The lowest BCUT2D eigenvalue weighted by Gasteiger charge is -2.29. The van der Waals surface area contributed by atoms with E-state index in [4.69, 9.17) is 32.0 Å². The Morgan fingerprint density at radius 2 is 2.21 bits per heavy atom. The van der Waals surface area contributed by atoms with Gasteiger partial charge < -0.3 is 20.3 Å². The highest BCUT2D eigenvalue weighted by Crippen LogP contribution is 2.36. The summed E-state index contributed by atoms with van der Waals surface area (Å²) in [6.45, 7) is 4.01. The molecule has 2 N–H and O–H groups in total. The van der Waals surface area contributed by atoms with Crippen molar-refractivity contribution in [3.05, 3.63) is 23.4 Å². The summed E-state index contributed by atoms with van der Waals surface area (Å²) in [5, 5.41) is 0.380. The Bertz CT molecular complexity index is 925. The molecule has 7 nitrogen and oxygen atoms in total. The number of anilines is 3. The summed E-state index contributed by atoms with van der Waals surface area (Å²) in [4.78, 5) is 17.8. The summed E-state index contributed by atoms with van der Waals surface area (Å²) in [7, 11) is 0. The van der Waals surface area contributed by atoms with Gasteiger partial charge in [0.1, 0.15) is 17.3 Å². The molecule has 5 rings (SSSR count). The molecule has 3 aliphatic rings. The van der Waals surface area contributed by atoms with Gasteiger partial charge in [0.05, 0.1) is 36.0 Å². The second kappa shape index (κ2) is 6.42. The molecule has 28 heavy (non-hydrogen) atoms. The quantitative estimate of drug-likeness (QED) is 0.842. The van der Waals surface area contributed by atoms with Crippen LogP contribution in [0.25, 0.3) is 11.3 Å². The van der Waals surface area contributed by atoms with Crippen molar-refractivity contribution in [3.8, 4) is 11.3 Å². The SMILES string of the molecule is C[C@]1(F)CCN(c2nc(-c3cnc(N)c(Cl)c3)cc(N3C[C@@H]4C[C@H]3CO4)n2)C1. The molecule has 3 aliphatic heterocycles. The summed E-state index contributed by atoms with van der Waals surface area (Å²) in [6.07, 6.45) is 3.38. The number of aromatic nitrogens is 3. The van der Waals surface area contributed by atoms with E-state index in [1.165, 1.54) is 0 Å². The fourth-order valence-corrected chi connectivity index (χ4v) is 4.39. The summed E-state index contributed by atoms with van der Waals surface area (Å²) >= 11 is 6.17. The minimum atomic E-state index is -1.23. The van der Waals surface area contributed by atoms with Crippen LogP contribution in [0.15, 0.2) is 18.3 Å². The number of morpholine rings is 1. The zero-order chi connectivity index (χ0) is 19.5. The molecule has 3 fully saturated rings. The molecule has 0 spiro atoms. The molecule has 0 amide bonds. The fraction of sp³-hybridized carbons (Fsp3) is 0.526. The van der Waals surface area contributed by atoms with E-state index >= 15 is 0 Å². The van der Waals surface area contributed by atoms with Crippen molar-refractivity contribution in [3.63, 3.8) is 0 Å². The van der Waals surface area contributed by atoms with Gasteiger partial charge in [-0.1, -0.05) is 11.6 Å². The number of nitrogens with two attached hydrogens (primary N) is 1. The van der Waals surface area contributed by atoms with Crippen molar-refractivity contribution >= 4 is 29.2 Å². The lowest BCUT2D eigenvalue weighted by Crippen LogP contribution is -2.38. The third-order valence-electron chi connectivity index (χ3n) is 5.77. The Hall–Kier alpha value is -2.19. The third kappa shape index (κ3) is 3.14. The van der Waals surface area contributed by atoms with Gasteiger partial charge in [0.2, 0.25) is 5.95 Å². The monoisotopic (exact) mass is 404 g/mol. The molecule has 3 saturated heterocycles. The van der Waals surface area contributed by atoms with E-state index in [2.05, 4.69) is 9.88 Å². The smallest absolute Gasteiger partial charge is 0.227 e. The standard InChI is InChI=1S/C19H22ClFN6O/c1-19(21)2-3-26(10-19)18-24-15(11-4-14(20)17(22)23-7-11)6-16(25-18)27-8-13-5-12(27)9-28-13/h4,6-7,12-13H,2-3,5,8-10H2,1H3,(H2,22,23)/t12-,13-,19-/m0/s1. The summed E-state index contributed by atoms with van der Waals surface area (Å²) in [5.41, 5.74) is 5.97. The number of halogens is 2. The number of ether oxygens (including phenoxy) is 1. The molecule has 2 aromatic rings. The molecule has 2 bridgehead atoms. The number of fused-ring (bicyclic) bond motifs is 2. The number of alkyl halides is 1. The van der Waals surface area contributed by atoms with Crippen LogP contribution in [0.5, 0.6) is 0 Å². The molecule has 9 heteroatoms. The van der Waals surface area contributed by atoms with Gasteiger partial charge >= 0.3 is 0 Å². The van der Waals surface area contributed by atoms with Gasteiger partial charge in [0.25, 0.3) is 0 Å². The summed E-state index contributed by atoms with van der Waals surface area (Å²) in [5.74, 6) is 1.64. The van der Waals surface area contributed by atoms with E-state index in [1.54, 1.807) is 19.2 Å². The first-order valence-corrected chi connectivity index (χ1v) is 9.88. The van der Waals surface area contributed by atoms with Crippen molar-refractivity contribution < 1.29 is 9.13 Å². The van der Waals surface area contributed by atoms with Crippen molar-refractivity contribution in [1.82, 2.24) is 15.0 Å². The number of hydrogen-bond acceptors (Lipinski definition) is 7. The molecule has 148 valence electrons. The highest BCUT2D eigenvalue weighted by Gasteiger charge is 2.40. The van der Waals surface area contributed by atoms with Crippen LogP contribution in [0.1, 0.15) is 19.8 Å². The Balaban J connectivity index is 1.57. The van der Waals surface area contributed by atoms with Crippen LogP contribution in [-0.4, -0.2) is 59.0 Å².